The van der Waals surface area contributed by atoms with E-state index in [1.807, 2.05) is 18.2 Å². The Morgan fingerprint density at radius 3 is 2.58 bits per heavy atom. The second kappa shape index (κ2) is 7.75. The average molecular weight is 424 g/mol. The number of ether oxygens (including phenoxy) is 1. The molecular formula is C22H20F2N5O2+. The van der Waals surface area contributed by atoms with Crippen molar-refractivity contribution in [1.29, 1.82) is 0 Å². The molecule has 1 unspecified atom stereocenters. The molecule has 7 nitrogen and oxygen atoms in total. The highest BCUT2D eigenvalue weighted by Gasteiger charge is 2.55. The van der Waals surface area contributed by atoms with E-state index in [2.05, 4.69) is 19.7 Å². The number of rotatable bonds is 5. The first-order valence-corrected chi connectivity index (χ1v) is 9.44. The van der Waals surface area contributed by atoms with Gasteiger partial charge in [-0.05, 0) is 48.4 Å². The van der Waals surface area contributed by atoms with Gasteiger partial charge in [-0.25, -0.2) is 4.90 Å². The number of nitrogens with zero attached hydrogens (tertiary/aromatic N) is 3. The molecule has 0 bridgehead atoms. The van der Waals surface area contributed by atoms with Crippen LogP contribution in [0.15, 0.2) is 61.1 Å². The summed E-state index contributed by atoms with van der Waals surface area (Å²) >= 11 is 0. The van der Waals surface area contributed by atoms with Crippen molar-refractivity contribution in [2.24, 2.45) is 5.73 Å². The number of benzene rings is 1. The number of aromatic nitrogens is 2. The predicted molar refractivity (Wildman–Crippen MR) is 109 cm³/mol. The Kier molecular flexibility index (Phi) is 5.10. The zero-order chi connectivity index (χ0) is 22.2. The Balaban J connectivity index is 1.90. The minimum atomic E-state index is -2.95. The van der Waals surface area contributed by atoms with Crippen molar-refractivity contribution in [1.82, 2.24) is 14.9 Å². The van der Waals surface area contributed by atoms with Crippen LogP contribution >= 0.6 is 0 Å². The number of aryl methyl sites for hydroxylation is 1. The topological polar surface area (TPSA) is 95.3 Å². The number of amides is 1. The molecule has 4 rings (SSSR count). The van der Waals surface area contributed by atoms with Gasteiger partial charge in [0.25, 0.3) is 0 Å². The number of nitrogens with one attached hydrogen (secondary N) is 1. The molecule has 3 aromatic rings. The molecule has 31 heavy (non-hydrogen) atoms. The summed E-state index contributed by atoms with van der Waals surface area (Å²) < 4.78 is 29.9. The van der Waals surface area contributed by atoms with Gasteiger partial charge in [-0.2, -0.15) is 8.78 Å². The SMILES string of the molecule is Cc1cc(C2(c3cc(-c4cccnc4)ccn3)[NH+]=C(N)N(C)C2=O)ccc1OC(F)F. The van der Waals surface area contributed by atoms with Crippen LogP contribution in [0, 0.1) is 6.92 Å². The van der Waals surface area contributed by atoms with Gasteiger partial charge in [-0.15, -0.1) is 0 Å². The largest absolute Gasteiger partial charge is 0.435 e. The molecule has 1 atom stereocenters. The van der Waals surface area contributed by atoms with Gasteiger partial charge in [-0.3, -0.25) is 25.5 Å². The number of pyridine rings is 2. The Labute approximate surface area is 177 Å². The number of alkyl halides is 2. The third-order valence-corrected chi connectivity index (χ3v) is 5.27. The minimum Gasteiger partial charge on any atom is -0.435 e. The van der Waals surface area contributed by atoms with Gasteiger partial charge in [0.15, 0.2) is 0 Å². The van der Waals surface area contributed by atoms with Gasteiger partial charge in [0.2, 0.25) is 5.54 Å². The summed E-state index contributed by atoms with van der Waals surface area (Å²) in [6, 6.07) is 11.9. The van der Waals surface area contributed by atoms with E-state index in [9.17, 15) is 13.6 Å². The van der Waals surface area contributed by atoms with E-state index in [0.717, 1.165) is 11.1 Å². The molecular weight excluding hydrogens is 404 g/mol. The van der Waals surface area contributed by atoms with Gasteiger partial charge < -0.3 is 4.74 Å². The first-order valence-electron chi connectivity index (χ1n) is 9.44. The zero-order valence-corrected chi connectivity index (χ0v) is 16.8. The molecule has 1 aromatic carbocycles. The molecule has 158 valence electrons. The van der Waals surface area contributed by atoms with Crippen LogP contribution in [-0.4, -0.2) is 40.4 Å². The van der Waals surface area contributed by atoms with Crippen molar-refractivity contribution < 1.29 is 23.3 Å². The van der Waals surface area contributed by atoms with Crippen molar-refractivity contribution in [3.8, 4) is 16.9 Å². The van der Waals surface area contributed by atoms with Crippen LogP contribution in [-0.2, 0) is 10.3 Å². The molecule has 0 fully saturated rings. The van der Waals surface area contributed by atoms with Crippen molar-refractivity contribution in [3.63, 3.8) is 0 Å². The lowest BCUT2D eigenvalue weighted by molar-refractivity contribution is -0.526. The molecule has 3 N–H and O–H groups in total. The zero-order valence-electron chi connectivity index (χ0n) is 16.8. The lowest BCUT2D eigenvalue weighted by atomic mass is 9.84. The lowest BCUT2D eigenvalue weighted by Gasteiger charge is -2.24. The number of hydrogen-bond donors (Lipinski definition) is 2. The number of carbonyl (C=O) groups excluding carboxylic acids is 1. The van der Waals surface area contributed by atoms with Crippen LogP contribution in [0.3, 0.4) is 0 Å². The highest BCUT2D eigenvalue weighted by atomic mass is 19.3. The maximum Gasteiger partial charge on any atom is 0.387 e. The van der Waals surface area contributed by atoms with E-state index >= 15 is 0 Å². The molecule has 0 spiro atoms. The maximum absolute atomic E-state index is 13.4. The number of carbonyl (C=O) groups is 1. The molecule has 1 aliphatic rings. The second-order valence-corrected chi connectivity index (χ2v) is 7.15. The first-order chi connectivity index (χ1) is 14.8. The fraction of sp³-hybridized carbons (Fsp3) is 0.182. The van der Waals surface area contributed by atoms with Crippen LogP contribution in [0.4, 0.5) is 8.78 Å². The summed E-state index contributed by atoms with van der Waals surface area (Å²) in [6.45, 7) is -1.32. The highest BCUT2D eigenvalue weighted by molar-refractivity contribution is 6.03. The van der Waals surface area contributed by atoms with Crippen LogP contribution in [0.2, 0.25) is 0 Å². The van der Waals surface area contributed by atoms with Crippen LogP contribution in [0.25, 0.3) is 11.1 Å². The van der Waals surface area contributed by atoms with E-state index in [0.29, 0.717) is 16.8 Å². The number of halogens is 2. The van der Waals surface area contributed by atoms with Crippen LogP contribution in [0.1, 0.15) is 16.8 Å². The van der Waals surface area contributed by atoms with Gasteiger partial charge in [0.1, 0.15) is 5.75 Å². The molecule has 2 aromatic heterocycles. The van der Waals surface area contributed by atoms with E-state index in [1.165, 1.54) is 11.0 Å². The van der Waals surface area contributed by atoms with Crippen molar-refractivity contribution in [2.75, 3.05) is 7.05 Å². The van der Waals surface area contributed by atoms with Gasteiger partial charge in [0, 0.05) is 29.7 Å². The van der Waals surface area contributed by atoms with E-state index in [1.54, 1.807) is 50.8 Å². The Morgan fingerprint density at radius 1 is 1.16 bits per heavy atom. The molecule has 0 radical (unpaired) electrons. The maximum atomic E-state index is 13.4. The minimum absolute atomic E-state index is 0.0294. The molecule has 9 heteroatoms. The van der Waals surface area contributed by atoms with Gasteiger partial charge >= 0.3 is 18.5 Å². The quantitative estimate of drug-likeness (QED) is 0.641. The molecule has 0 aliphatic carbocycles. The van der Waals surface area contributed by atoms with E-state index < -0.39 is 12.2 Å². The van der Waals surface area contributed by atoms with Crippen molar-refractivity contribution in [3.05, 3.63) is 77.9 Å². The third-order valence-electron chi connectivity index (χ3n) is 5.27. The number of nitrogens with two attached hydrogens (primary N) is 1. The second-order valence-electron chi connectivity index (χ2n) is 7.15. The molecule has 0 saturated heterocycles. The average Bonchev–Trinajstić information content (AvgIpc) is 3.00. The standard InChI is InChI=1S/C22H19F2N5O2/c1-13-10-16(5-6-17(13)31-20(23)24)22(19(30)29(2)21(25)28-22)18-11-14(7-9-27-18)15-4-3-8-26-12-15/h3-12,20H,1-2H3,(H2,25,28)/p+1. The Hall–Kier alpha value is -3.88. The summed E-state index contributed by atoms with van der Waals surface area (Å²) in [4.78, 5) is 26.4. The van der Waals surface area contributed by atoms with Gasteiger partial charge in [-0.1, -0.05) is 12.1 Å². The van der Waals surface area contributed by atoms with Gasteiger partial charge in [0.05, 0.1) is 12.7 Å². The highest BCUT2D eigenvalue weighted by Crippen LogP contribution is 2.33. The van der Waals surface area contributed by atoms with Crippen molar-refractivity contribution >= 4 is 11.9 Å². The molecule has 1 aliphatic heterocycles. The summed E-state index contributed by atoms with van der Waals surface area (Å²) in [6.07, 6.45) is 4.98. The molecule has 3 heterocycles. The van der Waals surface area contributed by atoms with Crippen molar-refractivity contribution in [2.45, 2.75) is 19.1 Å². The molecule has 1 amide bonds. The van der Waals surface area contributed by atoms with E-state index in [4.69, 9.17) is 5.73 Å². The summed E-state index contributed by atoms with van der Waals surface area (Å²) in [5.41, 5.74) is 7.65. The number of guanidine groups is 1. The predicted octanol–water partition coefficient (Wildman–Crippen LogP) is 1.16. The van der Waals surface area contributed by atoms with E-state index in [-0.39, 0.29) is 17.6 Å². The monoisotopic (exact) mass is 424 g/mol. The fourth-order valence-corrected chi connectivity index (χ4v) is 3.67. The third kappa shape index (κ3) is 3.48. The Morgan fingerprint density at radius 2 is 1.97 bits per heavy atom. The number of hydrogen-bond acceptors (Lipinski definition) is 5. The van der Waals surface area contributed by atoms with Crippen LogP contribution < -0.4 is 15.5 Å². The molecule has 0 saturated carbocycles. The normalized spacial score (nSPS) is 18.4. The smallest absolute Gasteiger partial charge is 0.387 e. The lowest BCUT2D eigenvalue weighted by Crippen LogP contribution is -2.85. The summed E-state index contributed by atoms with van der Waals surface area (Å²) in [5, 5.41) is 0. The summed E-state index contributed by atoms with van der Waals surface area (Å²) in [5.74, 6) is -0.159. The number of likely N-dealkylation sites (N-methyl/N-ethyl adjacent to an activating group) is 1. The van der Waals surface area contributed by atoms with Crippen LogP contribution in [0.5, 0.6) is 5.75 Å². The fourth-order valence-electron chi connectivity index (χ4n) is 3.67. The summed E-state index contributed by atoms with van der Waals surface area (Å²) in [7, 11) is 1.55. The Bertz CT molecular complexity index is 1170. The first kappa shape index (κ1) is 20.4.